The van der Waals surface area contributed by atoms with Gasteiger partial charge in [0.25, 0.3) is 5.91 Å². The minimum Gasteiger partial charge on any atom is -0.352 e. The van der Waals surface area contributed by atoms with Gasteiger partial charge in [0.2, 0.25) is 0 Å². The van der Waals surface area contributed by atoms with Crippen LogP contribution in [0.2, 0.25) is 0 Å². The minimum atomic E-state index is -2.92. The number of nitrogens with one attached hydrogen (secondary N) is 1. The Morgan fingerprint density at radius 1 is 1.38 bits per heavy atom. The van der Waals surface area contributed by atoms with Crippen molar-refractivity contribution in [1.82, 2.24) is 14.9 Å². The number of carbonyl (C=O) groups is 1. The molecule has 0 saturated carbocycles. The van der Waals surface area contributed by atoms with Crippen LogP contribution in [-0.2, 0) is 9.84 Å². The average molecular weight is 347 g/mol. The molecule has 1 atom stereocenters. The first kappa shape index (κ1) is 16.7. The molecule has 1 aliphatic rings. The molecule has 3 rings (SSSR count). The Morgan fingerprint density at radius 3 is 2.79 bits per heavy atom. The molecule has 2 aromatic rings. The van der Waals surface area contributed by atoms with Crippen LogP contribution in [0, 0.1) is 19.8 Å². The summed E-state index contributed by atoms with van der Waals surface area (Å²) >= 11 is 0. The van der Waals surface area contributed by atoms with Gasteiger partial charge in [-0.3, -0.25) is 4.79 Å². The van der Waals surface area contributed by atoms with Crippen molar-refractivity contribution in [2.24, 2.45) is 5.92 Å². The van der Waals surface area contributed by atoms with Crippen molar-refractivity contribution in [2.45, 2.75) is 20.3 Å². The Balaban J connectivity index is 1.74. The predicted molar refractivity (Wildman–Crippen MR) is 92.1 cm³/mol. The molecule has 3 heterocycles. The number of amides is 1. The number of sulfone groups is 1. The standard InChI is InChI=1S/C17H21N3O3S/c1-12-9-15(13(2)20(12)16-5-3-4-7-18-16)17(21)19-10-14-6-8-24(22,23)11-14/h3-5,7,9,14H,6,8,10-11H2,1-2H3,(H,19,21)/t14-/m1/s1. The zero-order valence-electron chi connectivity index (χ0n) is 13.8. The molecule has 2 aromatic heterocycles. The third kappa shape index (κ3) is 3.36. The molecule has 1 saturated heterocycles. The van der Waals surface area contributed by atoms with Crippen molar-refractivity contribution in [3.8, 4) is 5.82 Å². The van der Waals surface area contributed by atoms with Gasteiger partial charge in [0.1, 0.15) is 5.82 Å². The summed E-state index contributed by atoms with van der Waals surface area (Å²) in [6.07, 6.45) is 2.34. The molecular formula is C17H21N3O3S. The fourth-order valence-electron chi connectivity index (χ4n) is 3.20. The summed E-state index contributed by atoms with van der Waals surface area (Å²) in [5.41, 5.74) is 2.35. The lowest BCUT2D eigenvalue weighted by Gasteiger charge is -2.11. The smallest absolute Gasteiger partial charge is 0.253 e. The van der Waals surface area contributed by atoms with Gasteiger partial charge in [0.05, 0.1) is 17.1 Å². The number of pyridine rings is 1. The molecule has 6 nitrogen and oxygen atoms in total. The quantitative estimate of drug-likeness (QED) is 0.912. The molecule has 0 radical (unpaired) electrons. The van der Waals surface area contributed by atoms with Gasteiger partial charge in [-0.15, -0.1) is 0 Å². The second-order valence-corrected chi connectivity index (χ2v) is 8.52. The maximum Gasteiger partial charge on any atom is 0.253 e. The number of aromatic nitrogens is 2. The van der Waals surface area contributed by atoms with Crippen LogP contribution in [-0.4, -0.2) is 41.9 Å². The Hall–Kier alpha value is -2.15. The average Bonchev–Trinajstić information content (AvgIpc) is 3.05. The van der Waals surface area contributed by atoms with E-state index in [1.807, 2.05) is 42.7 Å². The second kappa shape index (κ2) is 6.39. The highest BCUT2D eigenvalue weighted by Crippen LogP contribution is 2.20. The van der Waals surface area contributed by atoms with Gasteiger partial charge in [-0.2, -0.15) is 0 Å². The number of nitrogens with zero attached hydrogens (tertiary/aromatic N) is 2. The third-order valence-electron chi connectivity index (χ3n) is 4.43. The maximum atomic E-state index is 12.5. The molecule has 0 bridgehead atoms. The lowest BCUT2D eigenvalue weighted by molar-refractivity contribution is 0.0948. The van der Waals surface area contributed by atoms with Crippen LogP contribution in [0.4, 0.5) is 0 Å². The fourth-order valence-corrected chi connectivity index (χ4v) is 5.06. The highest BCUT2D eigenvalue weighted by atomic mass is 32.2. The highest BCUT2D eigenvalue weighted by Gasteiger charge is 2.28. The molecule has 0 unspecified atom stereocenters. The van der Waals surface area contributed by atoms with E-state index >= 15 is 0 Å². The van der Waals surface area contributed by atoms with Crippen LogP contribution in [0.15, 0.2) is 30.5 Å². The molecule has 128 valence electrons. The summed E-state index contributed by atoms with van der Waals surface area (Å²) in [7, 11) is -2.92. The van der Waals surface area contributed by atoms with E-state index in [0.717, 1.165) is 17.2 Å². The van der Waals surface area contributed by atoms with Crippen molar-refractivity contribution < 1.29 is 13.2 Å². The number of carbonyl (C=O) groups excluding carboxylic acids is 1. The number of hydrogen-bond donors (Lipinski definition) is 1. The molecule has 0 aliphatic carbocycles. The molecule has 1 N–H and O–H groups in total. The highest BCUT2D eigenvalue weighted by molar-refractivity contribution is 7.91. The van der Waals surface area contributed by atoms with Crippen molar-refractivity contribution in [3.05, 3.63) is 47.4 Å². The van der Waals surface area contributed by atoms with Crippen LogP contribution in [0.5, 0.6) is 0 Å². The molecule has 0 spiro atoms. The molecule has 1 aliphatic heterocycles. The largest absolute Gasteiger partial charge is 0.352 e. The first-order chi connectivity index (χ1) is 11.4. The van der Waals surface area contributed by atoms with E-state index in [1.54, 1.807) is 6.20 Å². The van der Waals surface area contributed by atoms with Crippen molar-refractivity contribution in [1.29, 1.82) is 0 Å². The van der Waals surface area contributed by atoms with Crippen molar-refractivity contribution in [3.63, 3.8) is 0 Å². The van der Waals surface area contributed by atoms with E-state index < -0.39 is 9.84 Å². The van der Waals surface area contributed by atoms with Gasteiger partial charge < -0.3 is 9.88 Å². The zero-order chi connectivity index (χ0) is 17.3. The number of aryl methyl sites for hydroxylation is 1. The van der Waals surface area contributed by atoms with Gasteiger partial charge in [-0.05, 0) is 44.4 Å². The predicted octanol–water partition coefficient (Wildman–Crippen LogP) is 1.65. The first-order valence-corrected chi connectivity index (χ1v) is 9.78. The molecule has 0 aromatic carbocycles. The van der Waals surface area contributed by atoms with Gasteiger partial charge in [-0.1, -0.05) is 6.07 Å². The van der Waals surface area contributed by atoms with Gasteiger partial charge in [-0.25, -0.2) is 13.4 Å². The fraction of sp³-hybridized carbons (Fsp3) is 0.412. The second-order valence-electron chi connectivity index (χ2n) is 6.29. The number of hydrogen-bond acceptors (Lipinski definition) is 4. The van der Waals surface area contributed by atoms with Crippen LogP contribution in [0.1, 0.15) is 28.2 Å². The molecule has 7 heteroatoms. The topological polar surface area (TPSA) is 81.1 Å². The maximum absolute atomic E-state index is 12.5. The first-order valence-electron chi connectivity index (χ1n) is 7.96. The van der Waals surface area contributed by atoms with E-state index in [9.17, 15) is 13.2 Å². The molecular weight excluding hydrogens is 326 g/mol. The summed E-state index contributed by atoms with van der Waals surface area (Å²) in [6, 6.07) is 7.48. The zero-order valence-corrected chi connectivity index (χ0v) is 14.6. The van der Waals surface area contributed by atoms with Crippen LogP contribution < -0.4 is 5.32 Å². The van der Waals surface area contributed by atoms with E-state index in [2.05, 4.69) is 10.3 Å². The lowest BCUT2D eigenvalue weighted by Crippen LogP contribution is -2.30. The third-order valence-corrected chi connectivity index (χ3v) is 6.27. The van der Waals surface area contributed by atoms with Crippen LogP contribution in [0.3, 0.4) is 0 Å². The van der Waals surface area contributed by atoms with Crippen LogP contribution in [0.25, 0.3) is 5.82 Å². The van der Waals surface area contributed by atoms with E-state index in [1.165, 1.54) is 0 Å². The summed E-state index contributed by atoms with van der Waals surface area (Å²) in [5, 5.41) is 2.87. The summed E-state index contributed by atoms with van der Waals surface area (Å²) in [4.78, 5) is 16.8. The van der Waals surface area contributed by atoms with Gasteiger partial charge in [0, 0.05) is 24.1 Å². The number of rotatable bonds is 4. The summed E-state index contributed by atoms with van der Waals surface area (Å²) < 4.78 is 24.9. The summed E-state index contributed by atoms with van der Waals surface area (Å²) in [5.74, 6) is 1.00. The molecule has 1 fully saturated rings. The summed E-state index contributed by atoms with van der Waals surface area (Å²) in [6.45, 7) is 4.21. The van der Waals surface area contributed by atoms with E-state index in [-0.39, 0.29) is 23.3 Å². The van der Waals surface area contributed by atoms with Crippen molar-refractivity contribution >= 4 is 15.7 Å². The molecule has 24 heavy (non-hydrogen) atoms. The Morgan fingerprint density at radius 2 is 2.17 bits per heavy atom. The van der Waals surface area contributed by atoms with Crippen LogP contribution >= 0.6 is 0 Å². The van der Waals surface area contributed by atoms with E-state index in [4.69, 9.17) is 0 Å². The monoisotopic (exact) mass is 347 g/mol. The normalized spacial score (nSPS) is 19.3. The Kier molecular flexibility index (Phi) is 4.45. The Bertz CT molecular complexity index is 857. The molecule has 1 amide bonds. The van der Waals surface area contributed by atoms with Gasteiger partial charge >= 0.3 is 0 Å². The SMILES string of the molecule is Cc1cc(C(=O)NC[C@H]2CCS(=O)(=O)C2)c(C)n1-c1ccccn1. The van der Waals surface area contributed by atoms with E-state index in [0.29, 0.717) is 18.5 Å². The van der Waals surface area contributed by atoms with Gasteiger partial charge in [0.15, 0.2) is 9.84 Å². The Labute approximate surface area is 141 Å². The van der Waals surface area contributed by atoms with Crippen molar-refractivity contribution in [2.75, 3.05) is 18.1 Å². The lowest BCUT2D eigenvalue weighted by atomic mass is 10.1. The minimum absolute atomic E-state index is 0.0122.